The standard InChI is InChI=1S/C11H20O2/c1-2-3-4-5-6-7-8-9-10-13-11-12/h4-5,11H,2-3,6-10H2,1H3/b5-4+. The Labute approximate surface area is 81.0 Å². The summed E-state index contributed by atoms with van der Waals surface area (Å²) in [7, 11) is 0. The van der Waals surface area contributed by atoms with Gasteiger partial charge in [-0.1, -0.05) is 25.5 Å². The zero-order valence-corrected chi connectivity index (χ0v) is 8.50. The highest BCUT2D eigenvalue weighted by atomic mass is 16.5. The first kappa shape index (κ1) is 12.2. The van der Waals surface area contributed by atoms with Crippen LogP contribution in [-0.4, -0.2) is 13.1 Å². The highest BCUT2D eigenvalue weighted by Gasteiger charge is 1.87. The SMILES string of the molecule is CCC/C=C/CCCCCOC=O. The number of rotatable bonds is 9. The zero-order chi connectivity index (χ0) is 9.78. The Morgan fingerprint density at radius 2 is 1.85 bits per heavy atom. The van der Waals surface area contributed by atoms with Crippen molar-refractivity contribution >= 4 is 6.47 Å². The molecule has 0 saturated heterocycles. The van der Waals surface area contributed by atoms with Crippen LogP contribution in [0.5, 0.6) is 0 Å². The third-order valence-electron chi connectivity index (χ3n) is 1.82. The van der Waals surface area contributed by atoms with Gasteiger partial charge in [-0.05, 0) is 32.1 Å². The molecule has 0 bridgehead atoms. The first-order chi connectivity index (χ1) is 6.41. The van der Waals surface area contributed by atoms with Gasteiger partial charge in [0.2, 0.25) is 0 Å². The number of allylic oxidation sites excluding steroid dienone is 2. The molecule has 2 nitrogen and oxygen atoms in total. The van der Waals surface area contributed by atoms with Crippen LogP contribution in [0.25, 0.3) is 0 Å². The lowest BCUT2D eigenvalue weighted by molar-refractivity contribution is -0.128. The molecule has 0 spiro atoms. The lowest BCUT2D eigenvalue weighted by Crippen LogP contribution is -1.90. The molecular formula is C11H20O2. The van der Waals surface area contributed by atoms with Crippen LogP contribution in [0.2, 0.25) is 0 Å². The van der Waals surface area contributed by atoms with E-state index in [0.717, 1.165) is 19.3 Å². The minimum Gasteiger partial charge on any atom is -0.468 e. The van der Waals surface area contributed by atoms with Gasteiger partial charge in [0.05, 0.1) is 6.61 Å². The van der Waals surface area contributed by atoms with Crippen molar-refractivity contribution in [2.45, 2.75) is 45.4 Å². The van der Waals surface area contributed by atoms with Crippen LogP contribution in [0, 0.1) is 0 Å². The highest BCUT2D eigenvalue weighted by molar-refractivity contribution is 5.36. The minimum absolute atomic E-state index is 0.515. The Hall–Kier alpha value is -0.790. The number of hydrogen-bond donors (Lipinski definition) is 0. The molecule has 0 rings (SSSR count). The van der Waals surface area contributed by atoms with Crippen molar-refractivity contribution in [2.75, 3.05) is 6.61 Å². The van der Waals surface area contributed by atoms with Gasteiger partial charge in [0.1, 0.15) is 0 Å². The first-order valence-electron chi connectivity index (χ1n) is 5.12. The normalized spacial score (nSPS) is 10.5. The average molecular weight is 184 g/mol. The maximum Gasteiger partial charge on any atom is 0.293 e. The number of carbonyl (C=O) groups is 1. The molecule has 0 aromatic heterocycles. The minimum atomic E-state index is 0.515. The largest absolute Gasteiger partial charge is 0.468 e. The molecule has 0 amide bonds. The summed E-state index contributed by atoms with van der Waals surface area (Å²) in [6, 6.07) is 0. The van der Waals surface area contributed by atoms with Gasteiger partial charge in [0.15, 0.2) is 0 Å². The van der Waals surface area contributed by atoms with Gasteiger partial charge >= 0.3 is 0 Å². The Balaban J connectivity index is 2.94. The van der Waals surface area contributed by atoms with Crippen LogP contribution < -0.4 is 0 Å². The van der Waals surface area contributed by atoms with Gasteiger partial charge < -0.3 is 4.74 Å². The molecule has 0 fully saturated rings. The molecule has 0 aliphatic rings. The molecular weight excluding hydrogens is 164 g/mol. The monoisotopic (exact) mass is 184 g/mol. The van der Waals surface area contributed by atoms with Crippen molar-refractivity contribution in [1.82, 2.24) is 0 Å². The second-order valence-electron chi connectivity index (χ2n) is 3.08. The summed E-state index contributed by atoms with van der Waals surface area (Å²) >= 11 is 0. The summed E-state index contributed by atoms with van der Waals surface area (Å²) in [6.45, 7) is 3.27. The Kier molecular flexibility index (Phi) is 10.5. The average Bonchev–Trinajstić information content (AvgIpc) is 2.16. The number of unbranched alkanes of at least 4 members (excludes halogenated alkanes) is 4. The third kappa shape index (κ3) is 11.2. The Morgan fingerprint density at radius 3 is 2.54 bits per heavy atom. The molecule has 2 heteroatoms. The smallest absolute Gasteiger partial charge is 0.293 e. The molecule has 0 saturated carbocycles. The van der Waals surface area contributed by atoms with E-state index in [1.165, 1.54) is 19.3 Å². The summed E-state index contributed by atoms with van der Waals surface area (Å²) < 4.78 is 4.58. The number of carbonyl (C=O) groups excluding carboxylic acids is 1. The molecule has 0 N–H and O–H groups in total. The van der Waals surface area contributed by atoms with E-state index in [-0.39, 0.29) is 0 Å². The van der Waals surface area contributed by atoms with E-state index in [4.69, 9.17) is 0 Å². The predicted molar refractivity (Wildman–Crippen MR) is 54.5 cm³/mol. The molecule has 0 aliphatic carbocycles. The van der Waals surface area contributed by atoms with Crippen molar-refractivity contribution in [3.05, 3.63) is 12.2 Å². The van der Waals surface area contributed by atoms with Gasteiger partial charge in [-0.25, -0.2) is 0 Å². The van der Waals surface area contributed by atoms with Crippen LogP contribution in [0.1, 0.15) is 45.4 Å². The maximum absolute atomic E-state index is 9.78. The fraction of sp³-hybridized carbons (Fsp3) is 0.727. The van der Waals surface area contributed by atoms with Crippen LogP contribution in [-0.2, 0) is 9.53 Å². The molecule has 0 aromatic rings. The van der Waals surface area contributed by atoms with Gasteiger partial charge in [-0.15, -0.1) is 0 Å². The summed E-state index contributed by atoms with van der Waals surface area (Å²) in [5.41, 5.74) is 0. The quantitative estimate of drug-likeness (QED) is 0.313. The predicted octanol–water partition coefficient (Wildman–Crippen LogP) is 3.08. The molecule has 0 aliphatic heterocycles. The highest BCUT2D eigenvalue weighted by Crippen LogP contribution is 2.01. The van der Waals surface area contributed by atoms with Crippen LogP contribution in [0.4, 0.5) is 0 Å². The number of ether oxygens (including phenoxy) is 1. The van der Waals surface area contributed by atoms with E-state index in [1.54, 1.807) is 0 Å². The Morgan fingerprint density at radius 1 is 1.08 bits per heavy atom. The summed E-state index contributed by atoms with van der Waals surface area (Å²) in [5.74, 6) is 0. The Bertz CT molecular complexity index is 130. The van der Waals surface area contributed by atoms with E-state index < -0.39 is 0 Å². The summed E-state index contributed by atoms with van der Waals surface area (Å²) in [6.07, 6.45) is 11.4. The van der Waals surface area contributed by atoms with E-state index in [2.05, 4.69) is 23.8 Å². The lowest BCUT2D eigenvalue weighted by Gasteiger charge is -1.97. The van der Waals surface area contributed by atoms with E-state index in [9.17, 15) is 4.79 Å². The topological polar surface area (TPSA) is 26.3 Å². The fourth-order valence-corrected chi connectivity index (χ4v) is 1.07. The third-order valence-corrected chi connectivity index (χ3v) is 1.82. The van der Waals surface area contributed by atoms with Crippen LogP contribution >= 0.6 is 0 Å². The van der Waals surface area contributed by atoms with Crippen molar-refractivity contribution in [3.8, 4) is 0 Å². The second-order valence-corrected chi connectivity index (χ2v) is 3.08. The van der Waals surface area contributed by atoms with Gasteiger partial charge in [0.25, 0.3) is 6.47 Å². The fourth-order valence-electron chi connectivity index (χ4n) is 1.07. The van der Waals surface area contributed by atoms with Crippen LogP contribution in [0.3, 0.4) is 0 Å². The first-order valence-corrected chi connectivity index (χ1v) is 5.12. The van der Waals surface area contributed by atoms with Crippen molar-refractivity contribution in [3.63, 3.8) is 0 Å². The summed E-state index contributed by atoms with van der Waals surface area (Å²) in [4.78, 5) is 9.78. The van der Waals surface area contributed by atoms with Gasteiger partial charge in [0, 0.05) is 0 Å². The maximum atomic E-state index is 9.78. The molecule has 0 unspecified atom stereocenters. The van der Waals surface area contributed by atoms with E-state index in [1.807, 2.05) is 0 Å². The van der Waals surface area contributed by atoms with Crippen molar-refractivity contribution in [2.24, 2.45) is 0 Å². The van der Waals surface area contributed by atoms with Gasteiger partial charge in [-0.3, -0.25) is 4.79 Å². The molecule has 0 heterocycles. The molecule has 76 valence electrons. The van der Waals surface area contributed by atoms with Crippen LogP contribution in [0.15, 0.2) is 12.2 Å². The van der Waals surface area contributed by atoms with Crippen molar-refractivity contribution in [1.29, 1.82) is 0 Å². The molecule has 0 radical (unpaired) electrons. The van der Waals surface area contributed by atoms with Crippen molar-refractivity contribution < 1.29 is 9.53 Å². The zero-order valence-electron chi connectivity index (χ0n) is 8.50. The lowest BCUT2D eigenvalue weighted by atomic mass is 10.2. The summed E-state index contributed by atoms with van der Waals surface area (Å²) in [5, 5.41) is 0. The van der Waals surface area contributed by atoms with E-state index in [0.29, 0.717) is 13.1 Å². The molecule has 13 heavy (non-hydrogen) atoms. The molecule has 0 atom stereocenters. The van der Waals surface area contributed by atoms with Gasteiger partial charge in [-0.2, -0.15) is 0 Å². The second kappa shape index (κ2) is 11.2. The molecule has 0 aromatic carbocycles. The van der Waals surface area contributed by atoms with E-state index >= 15 is 0 Å². The number of hydrogen-bond acceptors (Lipinski definition) is 2.